The van der Waals surface area contributed by atoms with Gasteiger partial charge < -0.3 is 4.74 Å². The minimum absolute atomic E-state index is 0.00991. The van der Waals surface area contributed by atoms with Gasteiger partial charge in [-0.05, 0) is 55.9 Å². The van der Waals surface area contributed by atoms with Crippen LogP contribution in [0.15, 0.2) is 60.7 Å². The van der Waals surface area contributed by atoms with Crippen molar-refractivity contribution in [2.45, 2.75) is 45.1 Å². The van der Waals surface area contributed by atoms with Crippen LogP contribution in [-0.4, -0.2) is 11.6 Å². The third-order valence-corrected chi connectivity index (χ3v) is 4.80. The Kier molecular flexibility index (Phi) is 4.31. The van der Waals surface area contributed by atoms with Crippen molar-refractivity contribution in [1.82, 2.24) is 0 Å². The second kappa shape index (κ2) is 6.27. The number of benzene rings is 2. The molecule has 3 rings (SSSR count). The minimum Gasteiger partial charge on any atom is -0.455 e. The van der Waals surface area contributed by atoms with Crippen LogP contribution in [0.25, 0.3) is 0 Å². The topological polar surface area (TPSA) is 26.3 Å². The fourth-order valence-electron chi connectivity index (χ4n) is 3.66. The smallest absolute Gasteiger partial charge is 0.333 e. The van der Waals surface area contributed by atoms with Crippen molar-refractivity contribution in [2.75, 3.05) is 0 Å². The standard InChI is InChI=1S/C22H24O2/c1-15(2)21(23)24-22(3,4)20-18-11-7-5-9-16(18)13-14-17-10-6-8-12-19(17)20/h5-12,20H,1,13-14H2,2-4H3. The van der Waals surface area contributed by atoms with Crippen LogP contribution in [0.1, 0.15) is 48.9 Å². The highest BCUT2D eigenvalue weighted by atomic mass is 16.6. The molecule has 0 saturated heterocycles. The highest BCUT2D eigenvalue weighted by molar-refractivity contribution is 5.87. The Morgan fingerprint density at radius 2 is 1.46 bits per heavy atom. The van der Waals surface area contributed by atoms with E-state index in [1.807, 2.05) is 13.8 Å². The highest BCUT2D eigenvalue weighted by Crippen LogP contribution is 2.42. The molecule has 0 saturated carbocycles. The maximum Gasteiger partial charge on any atom is 0.333 e. The van der Waals surface area contributed by atoms with Crippen molar-refractivity contribution in [3.05, 3.63) is 82.9 Å². The molecular formula is C22H24O2. The van der Waals surface area contributed by atoms with E-state index >= 15 is 0 Å². The van der Waals surface area contributed by atoms with Gasteiger partial charge in [0.1, 0.15) is 5.60 Å². The average molecular weight is 320 g/mol. The minimum atomic E-state index is -0.660. The molecule has 0 aromatic heterocycles. The largest absolute Gasteiger partial charge is 0.455 e. The maximum absolute atomic E-state index is 12.2. The SMILES string of the molecule is C=C(C)C(=O)OC(C)(C)C1c2ccccc2CCc2ccccc21. The van der Waals surface area contributed by atoms with Crippen LogP contribution < -0.4 is 0 Å². The molecule has 0 bridgehead atoms. The number of fused-ring (bicyclic) bond motifs is 2. The molecular weight excluding hydrogens is 296 g/mol. The Labute approximate surface area is 144 Å². The van der Waals surface area contributed by atoms with Crippen molar-refractivity contribution in [1.29, 1.82) is 0 Å². The molecule has 2 heteroatoms. The summed E-state index contributed by atoms with van der Waals surface area (Å²) in [4.78, 5) is 12.2. The molecule has 0 unspecified atom stereocenters. The van der Waals surface area contributed by atoms with E-state index in [4.69, 9.17) is 4.74 Å². The van der Waals surface area contributed by atoms with Gasteiger partial charge in [0.25, 0.3) is 0 Å². The zero-order chi connectivity index (χ0) is 17.3. The van der Waals surface area contributed by atoms with E-state index in [1.54, 1.807) is 6.92 Å². The second-order valence-corrected chi connectivity index (χ2v) is 7.10. The van der Waals surface area contributed by atoms with E-state index in [9.17, 15) is 4.79 Å². The lowest BCUT2D eigenvalue weighted by molar-refractivity contribution is -0.152. The summed E-state index contributed by atoms with van der Waals surface area (Å²) in [6.07, 6.45) is 2.02. The van der Waals surface area contributed by atoms with Crippen LogP contribution in [-0.2, 0) is 22.4 Å². The number of carbonyl (C=O) groups excluding carboxylic acids is 1. The molecule has 24 heavy (non-hydrogen) atoms. The summed E-state index contributed by atoms with van der Waals surface area (Å²) in [5.41, 5.74) is 4.94. The lowest BCUT2D eigenvalue weighted by Crippen LogP contribution is -2.36. The average Bonchev–Trinajstić information content (AvgIpc) is 2.71. The Hall–Kier alpha value is -2.35. The first-order valence-corrected chi connectivity index (χ1v) is 8.44. The molecule has 0 amide bonds. The van der Waals surface area contributed by atoms with E-state index in [-0.39, 0.29) is 11.9 Å². The van der Waals surface area contributed by atoms with Crippen LogP contribution in [0.2, 0.25) is 0 Å². The van der Waals surface area contributed by atoms with Crippen LogP contribution in [0.5, 0.6) is 0 Å². The van der Waals surface area contributed by atoms with Crippen LogP contribution in [0.3, 0.4) is 0 Å². The first-order valence-electron chi connectivity index (χ1n) is 8.44. The van der Waals surface area contributed by atoms with Crippen molar-refractivity contribution >= 4 is 5.97 Å². The van der Waals surface area contributed by atoms with Gasteiger partial charge in [0.05, 0.1) is 0 Å². The Bertz CT molecular complexity index is 739. The first-order chi connectivity index (χ1) is 11.4. The molecule has 0 atom stereocenters. The normalized spacial score (nSPS) is 14.3. The van der Waals surface area contributed by atoms with E-state index in [0.29, 0.717) is 5.57 Å². The molecule has 124 valence electrons. The Balaban J connectivity index is 2.14. The maximum atomic E-state index is 12.2. The van der Waals surface area contributed by atoms with E-state index in [1.165, 1.54) is 22.3 Å². The second-order valence-electron chi connectivity index (χ2n) is 7.10. The molecule has 2 nitrogen and oxygen atoms in total. The molecule has 1 aliphatic rings. The molecule has 0 aliphatic heterocycles. The third-order valence-electron chi connectivity index (χ3n) is 4.80. The van der Waals surface area contributed by atoms with Crippen molar-refractivity contribution in [2.24, 2.45) is 0 Å². The number of rotatable bonds is 3. The van der Waals surface area contributed by atoms with Gasteiger partial charge in [-0.15, -0.1) is 0 Å². The van der Waals surface area contributed by atoms with E-state index in [2.05, 4.69) is 55.1 Å². The van der Waals surface area contributed by atoms with E-state index < -0.39 is 5.60 Å². The summed E-state index contributed by atoms with van der Waals surface area (Å²) in [5.74, 6) is -0.324. The summed E-state index contributed by atoms with van der Waals surface area (Å²) in [5, 5.41) is 0. The van der Waals surface area contributed by atoms with Gasteiger partial charge in [0, 0.05) is 11.5 Å². The molecule has 0 radical (unpaired) electrons. The van der Waals surface area contributed by atoms with Crippen LogP contribution in [0, 0.1) is 0 Å². The van der Waals surface area contributed by atoms with Gasteiger partial charge in [0.15, 0.2) is 0 Å². The van der Waals surface area contributed by atoms with Gasteiger partial charge in [-0.25, -0.2) is 4.79 Å². The molecule has 0 spiro atoms. The zero-order valence-corrected chi connectivity index (χ0v) is 14.6. The predicted molar refractivity (Wildman–Crippen MR) is 97.1 cm³/mol. The number of carbonyl (C=O) groups is 1. The number of hydrogen-bond donors (Lipinski definition) is 0. The molecule has 2 aromatic carbocycles. The molecule has 0 N–H and O–H groups in total. The predicted octanol–water partition coefficient (Wildman–Crippen LogP) is 4.82. The lowest BCUT2D eigenvalue weighted by atomic mass is 9.77. The molecule has 1 aliphatic carbocycles. The fourth-order valence-corrected chi connectivity index (χ4v) is 3.66. The number of esters is 1. The van der Waals surface area contributed by atoms with Crippen molar-refractivity contribution in [3.8, 4) is 0 Å². The number of aryl methyl sites for hydroxylation is 2. The van der Waals surface area contributed by atoms with Gasteiger partial charge >= 0.3 is 5.97 Å². The van der Waals surface area contributed by atoms with Gasteiger partial charge in [-0.3, -0.25) is 0 Å². The molecule has 0 heterocycles. The van der Waals surface area contributed by atoms with Gasteiger partial charge in [0.2, 0.25) is 0 Å². The highest BCUT2D eigenvalue weighted by Gasteiger charge is 2.39. The van der Waals surface area contributed by atoms with Crippen LogP contribution in [0.4, 0.5) is 0 Å². The lowest BCUT2D eigenvalue weighted by Gasteiger charge is -2.36. The summed E-state index contributed by atoms with van der Waals surface area (Å²) < 4.78 is 5.87. The summed E-state index contributed by atoms with van der Waals surface area (Å²) >= 11 is 0. The number of hydrogen-bond acceptors (Lipinski definition) is 2. The Morgan fingerprint density at radius 3 is 1.92 bits per heavy atom. The monoisotopic (exact) mass is 320 g/mol. The fraction of sp³-hybridized carbons (Fsp3) is 0.318. The van der Waals surface area contributed by atoms with Crippen molar-refractivity contribution in [3.63, 3.8) is 0 Å². The van der Waals surface area contributed by atoms with Gasteiger partial charge in [-0.2, -0.15) is 0 Å². The zero-order valence-electron chi connectivity index (χ0n) is 14.6. The van der Waals surface area contributed by atoms with Crippen LogP contribution >= 0.6 is 0 Å². The Morgan fingerprint density at radius 1 is 1.00 bits per heavy atom. The third kappa shape index (κ3) is 3.01. The van der Waals surface area contributed by atoms with Crippen molar-refractivity contribution < 1.29 is 9.53 Å². The van der Waals surface area contributed by atoms with E-state index in [0.717, 1.165) is 12.8 Å². The summed E-state index contributed by atoms with van der Waals surface area (Å²) in [6.45, 7) is 9.40. The quantitative estimate of drug-likeness (QED) is 0.599. The molecule has 2 aromatic rings. The number of ether oxygens (including phenoxy) is 1. The summed E-state index contributed by atoms with van der Waals surface area (Å²) in [6, 6.07) is 17.0. The molecule has 0 fully saturated rings. The summed E-state index contributed by atoms with van der Waals surface area (Å²) in [7, 11) is 0. The first kappa shape index (κ1) is 16.5. The van der Waals surface area contributed by atoms with Gasteiger partial charge in [-0.1, -0.05) is 55.1 Å².